The van der Waals surface area contributed by atoms with Gasteiger partial charge < -0.3 is 4.74 Å². The fourth-order valence-electron chi connectivity index (χ4n) is 8.62. The quantitative estimate of drug-likeness (QED) is 0.172. The normalized spacial score (nSPS) is 13.3. The summed E-state index contributed by atoms with van der Waals surface area (Å²) in [4.78, 5) is 9.90. The molecule has 0 bridgehead atoms. The summed E-state index contributed by atoms with van der Waals surface area (Å²) in [7, 11) is 0. The summed E-state index contributed by atoms with van der Waals surface area (Å²) in [6.07, 6.45) is 3.77. The zero-order valence-corrected chi connectivity index (χ0v) is 33.6. The molecule has 1 aliphatic rings. The lowest BCUT2D eigenvalue weighted by atomic mass is 9.68. The van der Waals surface area contributed by atoms with E-state index in [2.05, 4.69) is 172 Å². The molecule has 2 aromatic heterocycles. The maximum atomic E-state index is 6.97. The Kier molecular flexibility index (Phi) is 8.88. The Labute approximate surface area is 327 Å². The third-order valence-corrected chi connectivity index (χ3v) is 11.3. The van der Waals surface area contributed by atoms with Gasteiger partial charge in [-0.05, 0) is 147 Å². The fourth-order valence-corrected chi connectivity index (χ4v) is 8.62. The number of aryl methyl sites for hydroxylation is 3. The van der Waals surface area contributed by atoms with Crippen molar-refractivity contribution in [2.45, 2.75) is 78.6 Å². The Bertz CT molecular complexity index is 2470. The van der Waals surface area contributed by atoms with Gasteiger partial charge in [0, 0.05) is 18.0 Å². The molecule has 8 rings (SSSR count). The van der Waals surface area contributed by atoms with E-state index in [0.717, 1.165) is 39.6 Å². The maximum Gasteiger partial charge on any atom is 0.128 e. The number of fused-ring (bicyclic) bond motifs is 3. The highest BCUT2D eigenvalue weighted by atomic mass is 16.5. The van der Waals surface area contributed by atoms with E-state index in [9.17, 15) is 0 Å². The van der Waals surface area contributed by atoms with Gasteiger partial charge in [0.15, 0.2) is 0 Å². The number of hydrogen-bond donors (Lipinski definition) is 0. The van der Waals surface area contributed by atoms with Crippen LogP contribution in [0.2, 0.25) is 0 Å². The molecule has 0 saturated carbocycles. The number of hydrogen-bond acceptors (Lipinski definition) is 3. The van der Waals surface area contributed by atoms with Gasteiger partial charge in [-0.2, -0.15) is 0 Å². The third kappa shape index (κ3) is 6.46. The molecule has 3 nitrogen and oxygen atoms in total. The number of pyridine rings is 2. The molecule has 2 heterocycles. The topological polar surface area (TPSA) is 35.0 Å². The largest absolute Gasteiger partial charge is 0.457 e. The molecule has 3 heteroatoms. The summed E-state index contributed by atoms with van der Waals surface area (Å²) in [6, 6.07) is 46.2. The van der Waals surface area contributed by atoms with Crippen LogP contribution in [-0.4, -0.2) is 9.97 Å². The van der Waals surface area contributed by atoms with Crippen LogP contribution in [0.4, 0.5) is 0 Å². The average Bonchev–Trinajstić information content (AvgIpc) is 3.44. The van der Waals surface area contributed by atoms with Crippen LogP contribution >= 0.6 is 0 Å². The molecule has 5 aromatic carbocycles. The zero-order valence-electron chi connectivity index (χ0n) is 33.6. The van der Waals surface area contributed by atoms with Crippen LogP contribution in [0.3, 0.4) is 0 Å². The lowest BCUT2D eigenvalue weighted by molar-refractivity contribution is 0.481. The van der Waals surface area contributed by atoms with Gasteiger partial charge in [-0.25, -0.2) is 0 Å². The van der Waals surface area contributed by atoms with Crippen LogP contribution in [0, 0.1) is 20.8 Å². The van der Waals surface area contributed by atoms with Crippen molar-refractivity contribution in [3.8, 4) is 45.0 Å². The molecule has 0 fully saturated rings. The van der Waals surface area contributed by atoms with Crippen LogP contribution in [0.15, 0.2) is 140 Å². The Balaban J connectivity index is 1.35. The molecule has 55 heavy (non-hydrogen) atoms. The second-order valence-corrected chi connectivity index (χ2v) is 17.4. The molecule has 0 saturated heterocycles. The van der Waals surface area contributed by atoms with E-state index in [-0.39, 0.29) is 10.8 Å². The summed E-state index contributed by atoms with van der Waals surface area (Å²) in [5.41, 5.74) is 16.9. The third-order valence-electron chi connectivity index (χ3n) is 11.3. The first kappa shape index (κ1) is 36.2. The second kappa shape index (κ2) is 13.5. The van der Waals surface area contributed by atoms with Gasteiger partial charge in [-0.3, -0.25) is 9.97 Å². The van der Waals surface area contributed by atoms with E-state index in [1.165, 1.54) is 55.6 Å². The van der Waals surface area contributed by atoms with Gasteiger partial charge >= 0.3 is 0 Å². The molecule has 274 valence electrons. The number of benzene rings is 5. The van der Waals surface area contributed by atoms with Crippen molar-refractivity contribution in [1.29, 1.82) is 0 Å². The van der Waals surface area contributed by atoms with Crippen LogP contribution in [0.1, 0.15) is 91.7 Å². The summed E-state index contributed by atoms with van der Waals surface area (Å²) < 4.78 is 6.97. The maximum absolute atomic E-state index is 6.97. The lowest BCUT2D eigenvalue weighted by Gasteiger charge is -2.34. The van der Waals surface area contributed by atoms with E-state index in [4.69, 9.17) is 14.7 Å². The number of nitrogens with zero attached hydrogens (tertiary/aromatic N) is 2. The van der Waals surface area contributed by atoms with Gasteiger partial charge in [-0.1, -0.05) is 120 Å². The first-order valence-corrected chi connectivity index (χ1v) is 19.4. The van der Waals surface area contributed by atoms with E-state index in [1.54, 1.807) is 0 Å². The molecule has 0 spiro atoms. The van der Waals surface area contributed by atoms with Gasteiger partial charge in [0.2, 0.25) is 0 Å². The smallest absolute Gasteiger partial charge is 0.128 e. The Morgan fingerprint density at radius 1 is 0.509 bits per heavy atom. The van der Waals surface area contributed by atoms with E-state index >= 15 is 0 Å². The number of rotatable bonds is 6. The van der Waals surface area contributed by atoms with Gasteiger partial charge in [0.05, 0.1) is 16.8 Å². The molecule has 0 N–H and O–H groups in total. The minimum absolute atomic E-state index is 0.0360. The highest BCUT2D eigenvalue weighted by molar-refractivity contribution is 5.87. The molecule has 0 unspecified atom stereocenters. The van der Waals surface area contributed by atoms with Crippen molar-refractivity contribution in [2.75, 3.05) is 0 Å². The van der Waals surface area contributed by atoms with Crippen LogP contribution in [-0.2, 0) is 16.2 Å². The second-order valence-electron chi connectivity index (χ2n) is 17.4. The summed E-state index contributed by atoms with van der Waals surface area (Å²) in [5.74, 6) is 1.53. The van der Waals surface area contributed by atoms with Crippen LogP contribution < -0.4 is 4.74 Å². The molecule has 7 aromatic rings. The predicted octanol–water partition coefficient (Wildman–Crippen LogP) is 13.5. The molecule has 0 radical (unpaired) electrons. The first-order chi connectivity index (χ1) is 26.2. The SMILES string of the molecule is Cc1cc(C)c(-c2cc(Oc3cccc(C4(c5ccccn5)c5cc(C(C)(C)C)ccc5-c5ccc(C(C)(C)C)cc54)c3)cc(-c3ccccn3)c2)c(C)c1. The molecule has 0 atom stereocenters. The minimum atomic E-state index is -0.676. The molecular weight excluding hydrogens is 669 g/mol. The van der Waals surface area contributed by atoms with Gasteiger partial charge in [0.25, 0.3) is 0 Å². The van der Waals surface area contributed by atoms with Crippen molar-refractivity contribution < 1.29 is 4.74 Å². The monoisotopic (exact) mass is 718 g/mol. The lowest BCUT2D eigenvalue weighted by Crippen LogP contribution is -2.30. The Morgan fingerprint density at radius 3 is 1.67 bits per heavy atom. The van der Waals surface area contributed by atoms with Crippen molar-refractivity contribution in [3.63, 3.8) is 0 Å². The fraction of sp³-hybridized carbons (Fsp3) is 0.231. The minimum Gasteiger partial charge on any atom is -0.457 e. The van der Waals surface area contributed by atoms with E-state index in [0.29, 0.717) is 0 Å². The predicted molar refractivity (Wildman–Crippen MR) is 228 cm³/mol. The molecule has 1 aliphatic carbocycles. The Hall–Kier alpha value is -5.80. The number of ether oxygens (including phenoxy) is 1. The van der Waals surface area contributed by atoms with Crippen molar-refractivity contribution in [1.82, 2.24) is 9.97 Å². The van der Waals surface area contributed by atoms with Crippen molar-refractivity contribution >= 4 is 0 Å². The van der Waals surface area contributed by atoms with Crippen LogP contribution in [0.5, 0.6) is 11.5 Å². The van der Waals surface area contributed by atoms with Crippen molar-refractivity contribution in [3.05, 3.63) is 190 Å². The van der Waals surface area contributed by atoms with Crippen LogP contribution in [0.25, 0.3) is 33.5 Å². The highest BCUT2D eigenvalue weighted by Gasteiger charge is 2.48. The number of aromatic nitrogens is 2. The summed E-state index contributed by atoms with van der Waals surface area (Å²) in [5, 5.41) is 0. The van der Waals surface area contributed by atoms with E-state index in [1.807, 2.05) is 30.6 Å². The standard InChI is InChI=1S/C52H50N2O/c1-33-25-34(2)49(35(3)26-33)37-27-36(47-17-10-12-23-53-47)28-42(29-37)55-41-16-14-15-40(30-41)52(48-18-11-13-24-54-48)45-31-38(50(4,5)6)19-21-43(45)44-22-20-39(32-46(44)52)51(7,8)9/h10-32H,1-9H3. The van der Waals surface area contributed by atoms with Gasteiger partial charge in [0.1, 0.15) is 11.5 Å². The van der Waals surface area contributed by atoms with Crippen molar-refractivity contribution in [2.24, 2.45) is 0 Å². The van der Waals surface area contributed by atoms with E-state index < -0.39 is 5.41 Å². The highest BCUT2D eigenvalue weighted by Crippen LogP contribution is 2.57. The summed E-state index contributed by atoms with van der Waals surface area (Å²) >= 11 is 0. The average molecular weight is 719 g/mol. The molecule has 0 aliphatic heterocycles. The summed E-state index contributed by atoms with van der Waals surface area (Å²) in [6.45, 7) is 20.3. The zero-order chi connectivity index (χ0) is 38.7. The van der Waals surface area contributed by atoms with Gasteiger partial charge in [-0.15, -0.1) is 0 Å². The first-order valence-electron chi connectivity index (χ1n) is 19.4. The molecular formula is C52H50N2O. The molecule has 0 amide bonds. The Morgan fingerprint density at radius 2 is 1.11 bits per heavy atom.